The van der Waals surface area contributed by atoms with Gasteiger partial charge in [0.25, 0.3) is 0 Å². The molecule has 0 spiro atoms. The van der Waals surface area contributed by atoms with Crippen LogP contribution in [0.15, 0.2) is 16.5 Å². The summed E-state index contributed by atoms with van der Waals surface area (Å²) in [5, 5.41) is 11.5. The third-order valence-corrected chi connectivity index (χ3v) is 3.75. The van der Waals surface area contributed by atoms with Gasteiger partial charge in [-0.1, -0.05) is 0 Å². The van der Waals surface area contributed by atoms with E-state index in [1.165, 1.54) is 6.07 Å². The van der Waals surface area contributed by atoms with Crippen molar-refractivity contribution < 1.29 is 23.8 Å². The first-order valence-corrected chi connectivity index (χ1v) is 6.38. The standard InChI is InChI=1S/C13H15NO5/c15-12(9-5-7-1-3-10(9)18-7)14-6-8-2-4-11(19-8)13(16)17/h2,4,7,9-10H,1,3,5-6H2,(H,14,15)(H,16,17). The molecule has 2 aliphatic rings. The maximum atomic E-state index is 12.0. The van der Waals surface area contributed by atoms with Crippen LogP contribution in [0.4, 0.5) is 0 Å². The van der Waals surface area contributed by atoms with Gasteiger partial charge in [0.15, 0.2) is 0 Å². The number of hydrogen-bond acceptors (Lipinski definition) is 4. The van der Waals surface area contributed by atoms with Crippen molar-refractivity contribution >= 4 is 11.9 Å². The van der Waals surface area contributed by atoms with Crippen LogP contribution < -0.4 is 5.32 Å². The third kappa shape index (κ3) is 2.35. The van der Waals surface area contributed by atoms with Gasteiger partial charge in [0.05, 0.1) is 24.7 Å². The van der Waals surface area contributed by atoms with E-state index in [1.807, 2.05) is 0 Å². The first-order chi connectivity index (χ1) is 9.13. The zero-order valence-electron chi connectivity index (χ0n) is 10.3. The molecule has 102 valence electrons. The summed E-state index contributed by atoms with van der Waals surface area (Å²) in [6.45, 7) is 0.208. The van der Waals surface area contributed by atoms with Crippen LogP contribution in [0.5, 0.6) is 0 Å². The minimum Gasteiger partial charge on any atom is -0.475 e. The highest BCUT2D eigenvalue weighted by Crippen LogP contribution is 2.38. The second-order valence-electron chi connectivity index (χ2n) is 5.01. The Bertz CT molecular complexity index is 509. The van der Waals surface area contributed by atoms with Crippen molar-refractivity contribution in [2.75, 3.05) is 0 Å². The summed E-state index contributed by atoms with van der Waals surface area (Å²) in [6, 6.07) is 2.94. The molecule has 6 heteroatoms. The number of carbonyl (C=O) groups excluding carboxylic acids is 1. The monoisotopic (exact) mass is 265 g/mol. The lowest BCUT2D eigenvalue weighted by Gasteiger charge is -2.17. The zero-order chi connectivity index (χ0) is 13.4. The molecular weight excluding hydrogens is 250 g/mol. The maximum Gasteiger partial charge on any atom is 0.371 e. The lowest BCUT2D eigenvalue weighted by molar-refractivity contribution is -0.126. The number of furan rings is 1. The average Bonchev–Trinajstić information content (AvgIpc) is 3.11. The Morgan fingerprint density at radius 1 is 1.37 bits per heavy atom. The van der Waals surface area contributed by atoms with Gasteiger partial charge in [-0.15, -0.1) is 0 Å². The molecule has 3 atom stereocenters. The van der Waals surface area contributed by atoms with Crippen LogP contribution in [0.2, 0.25) is 0 Å². The summed E-state index contributed by atoms with van der Waals surface area (Å²) >= 11 is 0. The molecule has 1 aromatic rings. The van der Waals surface area contributed by atoms with Crippen LogP contribution in [0.1, 0.15) is 35.6 Å². The summed E-state index contributed by atoms with van der Waals surface area (Å²) in [6.07, 6.45) is 3.08. The number of carboxylic acid groups (broad SMARTS) is 1. The Labute approximate surface area is 109 Å². The molecular formula is C13H15NO5. The molecule has 2 bridgehead atoms. The number of fused-ring (bicyclic) bond motifs is 2. The normalized spacial score (nSPS) is 28.5. The number of aromatic carboxylic acids is 1. The van der Waals surface area contributed by atoms with Gasteiger partial charge in [-0.2, -0.15) is 0 Å². The molecule has 19 heavy (non-hydrogen) atoms. The smallest absolute Gasteiger partial charge is 0.371 e. The summed E-state index contributed by atoms with van der Waals surface area (Å²) in [5.74, 6) is -0.908. The minimum atomic E-state index is -1.11. The van der Waals surface area contributed by atoms with E-state index < -0.39 is 5.97 Å². The SMILES string of the molecule is O=C(O)c1ccc(CNC(=O)C2CC3CCC2O3)o1. The van der Waals surface area contributed by atoms with Gasteiger partial charge in [0.1, 0.15) is 5.76 Å². The number of carbonyl (C=O) groups is 2. The van der Waals surface area contributed by atoms with Crippen molar-refractivity contribution in [1.82, 2.24) is 5.32 Å². The summed E-state index contributed by atoms with van der Waals surface area (Å²) in [5.41, 5.74) is 0. The van der Waals surface area contributed by atoms with Crippen molar-refractivity contribution in [2.45, 2.75) is 38.0 Å². The van der Waals surface area contributed by atoms with Crippen LogP contribution >= 0.6 is 0 Å². The molecule has 3 unspecified atom stereocenters. The third-order valence-electron chi connectivity index (χ3n) is 3.75. The summed E-state index contributed by atoms with van der Waals surface area (Å²) in [4.78, 5) is 22.7. The first-order valence-electron chi connectivity index (χ1n) is 6.38. The van der Waals surface area contributed by atoms with E-state index >= 15 is 0 Å². The Hall–Kier alpha value is -1.82. The molecule has 0 radical (unpaired) electrons. The summed E-state index contributed by atoms with van der Waals surface area (Å²) < 4.78 is 10.7. The van der Waals surface area contributed by atoms with E-state index in [0.717, 1.165) is 19.3 Å². The predicted molar refractivity (Wildman–Crippen MR) is 63.5 cm³/mol. The number of ether oxygens (including phenoxy) is 1. The number of nitrogens with one attached hydrogen (secondary N) is 1. The van der Waals surface area contributed by atoms with Gasteiger partial charge < -0.3 is 19.6 Å². The Kier molecular flexibility index (Phi) is 3.02. The van der Waals surface area contributed by atoms with E-state index in [2.05, 4.69) is 5.32 Å². The zero-order valence-corrected chi connectivity index (χ0v) is 10.3. The average molecular weight is 265 g/mol. The number of carboxylic acids is 1. The van der Waals surface area contributed by atoms with Crippen LogP contribution in [-0.4, -0.2) is 29.2 Å². The Morgan fingerprint density at radius 2 is 2.21 bits per heavy atom. The quantitative estimate of drug-likeness (QED) is 0.852. The lowest BCUT2D eigenvalue weighted by Crippen LogP contribution is -2.35. The van der Waals surface area contributed by atoms with Crippen molar-refractivity contribution in [3.8, 4) is 0 Å². The van der Waals surface area contributed by atoms with E-state index in [1.54, 1.807) is 6.07 Å². The highest BCUT2D eigenvalue weighted by molar-refractivity contribution is 5.84. The van der Waals surface area contributed by atoms with E-state index in [-0.39, 0.29) is 36.3 Å². The molecule has 2 N–H and O–H groups in total. The fraction of sp³-hybridized carbons (Fsp3) is 0.538. The number of rotatable bonds is 4. The molecule has 3 heterocycles. The molecule has 6 nitrogen and oxygen atoms in total. The van der Waals surface area contributed by atoms with Crippen molar-refractivity contribution in [3.05, 3.63) is 23.7 Å². The molecule has 0 aliphatic carbocycles. The minimum absolute atomic E-state index is 0.0412. The molecule has 1 aromatic heterocycles. The van der Waals surface area contributed by atoms with Gasteiger partial charge in [0.2, 0.25) is 11.7 Å². The molecule has 2 aliphatic heterocycles. The number of hydrogen-bond donors (Lipinski definition) is 2. The van der Waals surface area contributed by atoms with Crippen LogP contribution in [0, 0.1) is 5.92 Å². The van der Waals surface area contributed by atoms with Crippen LogP contribution in [0.25, 0.3) is 0 Å². The molecule has 1 amide bonds. The molecule has 2 saturated heterocycles. The van der Waals surface area contributed by atoms with Crippen LogP contribution in [-0.2, 0) is 16.1 Å². The summed E-state index contributed by atoms with van der Waals surface area (Å²) in [7, 11) is 0. The van der Waals surface area contributed by atoms with E-state index in [0.29, 0.717) is 5.76 Å². The van der Waals surface area contributed by atoms with Gasteiger partial charge >= 0.3 is 5.97 Å². The van der Waals surface area contributed by atoms with Gasteiger partial charge in [-0.05, 0) is 31.4 Å². The second-order valence-corrected chi connectivity index (χ2v) is 5.01. The predicted octanol–water partition coefficient (Wildman–Crippen LogP) is 1.16. The largest absolute Gasteiger partial charge is 0.475 e. The lowest BCUT2D eigenvalue weighted by atomic mass is 9.88. The highest BCUT2D eigenvalue weighted by Gasteiger charge is 2.44. The Balaban J connectivity index is 1.54. The maximum absolute atomic E-state index is 12.0. The fourth-order valence-electron chi connectivity index (χ4n) is 2.81. The Morgan fingerprint density at radius 3 is 2.79 bits per heavy atom. The molecule has 0 aromatic carbocycles. The van der Waals surface area contributed by atoms with Crippen molar-refractivity contribution in [3.63, 3.8) is 0 Å². The fourth-order valence-corrected chi connectivity index (χ4v) is 2.81. The van der Waals surface area contributed by atoms with Gasteiger partial charge in [-0.3, -0.25) is 4.79 Å². The van der Waals surface area contributed by atoms with Crippen LogP contribution in [0.3, 0.4) is 0 Å². The van der Waals surface area contributed by atoms with E-state index in [9.17, 15) is 9.59 Å². The van der Waals surface area contributed by atoms with E-state index in [4.69, 9.17) is 14.3 Å². The second kappa shape index (κ2) is 4.70. The molecule has 2 fully saturated rings. The first kappa shape index (κ1) is 12.2. The molecule has 3 rings (SSSR count). The molecule has 0 saturated carbocycles. The van der Waals surface area contributed by atoms with Gasteiger partial charge in [-0.25, -0.2) is 4.79 Å². The van der Waals surface area contributed by atoms with Gasteiger partial charge in [0, 0.05) is 0 Å². The number of amides is 1. The van der Waals surface area contributed by atoms with Crippen molar-refractivity contribution in [1.29, 1.82) is 0 Å². The van der Waals surface area contributed by atoms with Crippen molar-refractivity contribution in [2.24, 2.45) is 5.92 Å². The highest BCUT2D eigenvalue weighted by atomic mass is 16.5. The topological polar surface area (TPSA) is 88.8 Å².